The summed E-state index contributed by atoms with van der Waals surface area (Å²) in [7, 11) is 0. The van der Waals surface area contributed by atoms with E-state index in [-0.39, 0.29) is 17.2 Å². The number of allylic oxidation sites excluding steroid dienone is 1. The summed E-state index contributed by atoms with van der Waals surface area (Å²) >= 11 is 7.33. The van der Waals surface area contributed by atoms with Gasteiger partial charge in [-0.2, -0.15) is 0 Å². The molecule has 2 aromatic carbocycles. The van der Waals surface area contributed by atoms with Crippen molar-refractivity contribution in [2.24, 2.45) is 0 Å². The molecule has 0 fully saturated rings. The van der Waals surface area contributed by atoms with E-state index in [0.29, 0.717) is 33.4 Å². The summed E-state index contributed by atoms with van der Waals surface area (Å²) in [5.41, 5.74) is 3.27. The minimum atomic E-state index is -0.210. The first-order valence-electron chi connectivity index (χ1n) is 9.29. The second-order valence-electron chi connectivity index (χ2n) is 6.79. The molecule has 152 valence electrons. The van der Waals surface area contributed by atoms with Crippen molar-refractivity contribution in [2.45, 2.75) is 18.6 Å². The standard InChI is InChI=1S/C22H19ClN4O2S/c1-3-10-27-21(29)20-19(15-6-4-5-7-17(15)25-20)26-22(27)30-12-18(28)24-14-9-8-13(2)16(23)11-14/h3-9,11,25H,1,10,12H2,2H3,(H,24,28). The van der Waals surface area contributed by atoms with Crippen molar-refractivity contribution in [3.8, 4) is 0 Å². The Kier molecular flexibility index (Phi) is 5.65. The lowest BCUT2D eigenvalue weighted by molar-refractivity contribution is -0.113. The molecule has 0 saturated heterocycles. The number of amides is 1. The van der Waals surface area contributed by atoms with E-state index < -0.39 is 0 Å². The maximum absolute atomic E-state index is 13.0. The average molecular weight is 439 g/mol. The highest BCUT2D eigenvalue weighted by molar-refractivity contribution is 7.99. The molecular weight excluding hydrogens is 420 g/mol. The van der Waals surface area contributed by atoms with Crippen LogP contribution in [-0.4, -0.2) is 26.2 Å². The third-order valence-electron chi connectivity index (χ3n) is 4.68. The van der Waals surface area contributed by atoms with Crippen LogP contribution in [0, 0.1) is 6.92 Å². The lowest BCUT2D eigenvalue weighted by Crippen LogP contribution is -2.23. The number of hydrogen-bond acceptors (Lipinski definition) is 4. The zero-order valence-corrected chi connectivity index (χ0v) is 17.8. The van der Waals surface area contributed by atoms with Crippen molar-refractivity contribution >= 4 is 56.9 Å². The van der Waals surface area contributed by atoms with Crippen molar-refractivity contribution in [3.63, 3.8) is 0 Å². The van der Waals surface area contributed by atoms with Crippen LogP contribution in [0.15, 0.2) is 65.1 Å². The number of carbonyl (C=O) groups excluding carboxylic acids is 1. The van der Waals surface area contributed by atoms with Crippen molar-refractivity contribution in [3.05, 3.63) is 76.1 Å². The fourth-order valence-corrected chi connectivity index (χ4v) is 4.16. The molecule has 4 aromatic rings. The van der Waals surface area contributed by atoms with Gasteiger partial charge in [-0.05, 0) is 30.7 Å². The Balaban J connectivity index is 1.63. The summed E-state index contributed by atoms with van der Waals surface area (Å²) in [6.07, 6.45) is 1.63. The third kappa shape index (κ3) is 3.86. The molecule has 2 aromatic heterocycles. The highest BCUT2D eigenvalue weighted by Gasteiger charge is 2.16. The molecular formula is C22H19ClN4O2S. The Morgan fingerprint density at radius 2 is 2.13 bits per heavy atom. The highest BCUT2D eigenvalue weighted by atomic mass is 35.5. The average Bonchev–Trinajstić information content (AvgIpc) is 3.10. The van der Waals surface area contributed by atoms with Crippen LogP contribution in [0.2, 0.25) is 5.02 Å². The molecule has 1 amide bonds. The van der Waals surface area contributed by atoms with Gasteiger partial charge >= 0.3 is 0 Å². The molecule has 0 saturated carbocycles. The molecule has 0 aliphatic carbocycles. The fourth-order valence-electron chi connectivity index (χ4n) is 3.17. The molecule has 30 heavy (non-hydrogen) atoms. The Bertz CT molecular complexity index is 1340. The van der Waals surface area contributed by atoms with Gasteiger partial charge in [0.2, 0.25) is 5.91 Å². The van der Waals surface area contributed by atoms with Gasteiger partial charge in [-0.3, -0.25) is 14.2 Å². The van der Waals surface area contributed by atoms with Crippen LogP contribution in [0.5, 0.6) is 0 Å². The monoisotopic (exact) mass is 438 g/mol. The number of anilines is 1. The highest BCUT2D eigenvalue weighted by Crippen LogP contribution is 2.25. The molecule has 0 radical (unpaired) electrons. The van der Waals surface area contributed by atoms with Gasteiger partial charge in [-0.25, -0.2) is 4.98 Å². The largest absolute Gasteiger partial charge is 0.349 e. The summed E-state index contributed by atoms with van der Waals surface area (Å²) in [5, 5.41) is 4.75. The maximum atomic E-state index is 13.0. The Morgan fingerprint density at radius 3 is 2.90 bits per heavy atom. The lowest BCUT2D eigenvalue weighted by atomic mass is 10.2. The van der Waals surface area contributed by atoms with E-state index in [9.17, 15) is 9.59 Å². The number of nitrogens with one attached hydrogen (secondary N) is 2. The Hall–Kier alpha value is -3.03. The first-order chi connectivity index (χ1) is 14.5. The van der Waals surface area contributed by atoms with Gasteiger partial charge in [0, 0.05) is 28.2 Å². The van der Waals surface area contributed by atoms with Crippen molar-refractivity contribution in [1.29, 1.82) is 0 Å². The van der Waals surface area contributed by atoms with Crippen molar-refractivity contribution < 1.29 is 4.79 Å². The number of aromatic nitrogens is 3. The Labute approximate surface area is 182 Å². The van der Waals surface area contributed by atoms with Crippen molar-refractivity contribution in [2.75, 3.05) is 11.1 Å². The second kappa shape index (κ2) is 8.38. The van der Waals surface area contributed by atoms with Gasteiger partial charge in [0.1, 0.15) is 11.0 Å². The first-order valence-corrected chi connectivity index (χ1v) is 10.6. The minimum absolute atomic E-state index is 0.100. The van der Waals surface area contributed by atoms with Gasteiger partial charge in [-0.15, -0.1) is 6.58 Å². The maximum Gasteiger partial charge on any atom is 0.278 e. The number of fused-ring (bicyclic) bond motifs is 3. The summed E-state index contributed by atoms with van der Waals surface area (Å²) in [5.74, 6) is -0.110. The molecule has 0 spiro atoms. The van der Waals surface area contributed by atoms with Gasteiger partial charge in [0.15, 0.2) is 5.16 Å². The molecule has 2 N–H and O–H groups in total. The van der Waals surface area contributed by atoms with Crippen LogP contribution < -0.4 is 10.9 Å². The number of nitrogens with zero attached hydrogens (tertiary/aromatic N) is 2. The predicted molar refractivity (Wildman–Crippen MR) is 124 cm³/mol. The SMILES string of the molecule is C=CCn1c(SCC(=O)Nc2ccc(C)c(Cl)c2)nc2c([nH]c3ccccc32)c1=O. The smallest absolute Gasteiger partial charge is 0.278 e. The van der Waals surface area contributed by atoms with Crippen LogP contribution in [0.4, 0.5) is 5.69 Å². The van der Waals surface area contributed by atoms with E-state index in [2.05, 4.69) is 16.9 Å². The second-order valence-corrected chi connectivity index (χ2v) is 8.14. The molecule has 0 aliphatic heterocycles. The number of H-pyrrole nitrogens is 1. The van der Waals surface area contributed by atoms with Gasteiger partial charge in [0.05, 0.1) is 5.75 Å². The first kappa shape index (κ1) is 20.3. The van der Waals surface area contributed by atoms with E-state index >= 15 is 0 Å². The van der Waals surface area contributed by atoms with Crippen LogP contribution >= 0.6 is 23.4 Å². The quantitative estimate of drug-likeness (QED) is 0.258. The number of halogens is 1. The van der Waals surface area contributed by atoms with E-state index in [0.717, 1.165) is 16.5 Å². The number of thioether (sulfide) groups is 1. The summed E-state index contributed by atoms with van der Waals surface area (Å²) in [4.78, 5) is 33.3. The van der Waals surface area contributed by atoms with Gasteiger partial charge < -0.3 is 10.3 Å². The van der Waals surface area contributed by atoms with Crippen LogP contribution in [0.3, 0.4) is 0 Å². The van der Waals surface area contributed by atoms with Crippen LogP contribution in [-0.2, 0) is 11.3 Å². The zero-order valence-electron chi connectivity index (χ0n) is 16.2. The summed E-state index contributed by atoms with van der Waals surface area (Å²) in [6.45, 7) is 5.93. The van der Waals surface area contributed by atoms with E-state index in [1.54, 1.807) is 18.2 Å². The molecule has 0 atom stereocenters. The third-order valence-corrected chi connectivity index (χ3v) is 6.06. The predicted octanol–water partition coefficient (Wildman–Crippen LogP) is 4.76. The molecule has 8 heteroatoms. The molecule has 2 heterocycles. The normalized spacial score (nSPS) is 11.1. The topological polar surface area (TPSA) is 79.8 Å². The summed E-state index contributed by atoms with van der Waals surface area (Å²) < 4.78 is 1.52. The minimum Gasteiger partial charge on any atom is -0.349 e. The number of aromatic amines is 1. The number of rotatable bonds is 6. The fraction of sp³-hybridized carbons (Fsp3) is 0.136. The van der Waals surface area contributed by atoms with Gasteiger partial charge in [0.25, 0.3) is 5.56 Å². The van der Waals surface area contributed by atoms with E-state index in [4.69, 9.17) is 16.6 Å². The Morgan fingerprint density at radius 1 is 1.33 bits per heavy atom. The molecule has 0 aliphatic rings. The summed E-state index contributed by atoms with van der Waals surface area (Å²) in [6, 6.07) is 13.0. The number of carbonyl (C=O) groups is 1. The zero-order chi connectivity index (χ0) is 21.3. The molecule has 0 unspecified atom stereocenters. The molecule has 4 rings (SSSR count). The molecule has 6 nitrogen and oxygen atoms in total. The molecule has 0 bridgehead atoms. The number of aryl methyl sites for hydroxylation is 1. The number of benzene rings is 2. The van der Waals surface area contributed by atoms with Crippen molar-refractivity contribution in [1.82, 2.24) is 14.5 Å². The van der Waals surface area contributed by atoms with Crippen LogP contribution in [0.25, 0.3) is 21.9 Å². The van der Waals surface area contributed by atoms with E-state index in [1.807, 2.05) is 37.3 Å². The lowest BCUT2D eigenvalue weighted by Gasteiger charge is -2.10. The number of hydrogen-bond donors (Lipinski definition) is 2. The number of para-hydroxylation sites is 1. The van der Waals surface area contributed by atoms with E-state index in [1.165, 1.54) is 16.3 Å². The van der Waals surface area contributed by atoms with Crippen LogP contribution in [0.1, 0.15) is 5.56 Å². The van der Waals surface area contributed by atoms with Gasteiger partial charge in [-0.1, -0.05) is 53.7 Å².